The summed E-state index contributed by atoms with van der Waals surface area (Å²) in [7, 11) is 0. The summed E-state index contributed by atoms with van der Waals surface area (Å²) >= 11 is 7.20. The maximum Gasteiger partial charge on any atom is 0.293 e. The molecule has 0 N–H and O–H groups in total. The summed E-state index contributed by atoms with van der Waals surface area (Å²) in [4.78, 5) is 29.6. The number of anilines is 1. The molecule has 2 aliphatic rings. The lowest BCUT2D eigenvalue weighted by molar-refractivity contribution is -0.123. The van der Waals surface area contributed by atoms with E-state index in [2.05, 4.69) is 44.7 Å². The zero-order valence-electron chi connectivity index (χ0n) is 18.3. The van der Waals surface area contributed by atoms with Gasteiger partial charge in [0.1, 0.15) is 0 Å². The van der Waals surface area contributed by atoms with Crippen LogP contribution in [0.4, 0.5) is 10.5 Å². The van der Waals surface area contributed by atoms with Gasteiger partial charge >= 0.3 is 0 Å². The van der Waals surface area contributed by atoms with Crippen molar-refractivity contribution in [2.45, 2.75) is 52.1 Å². The Morgan fingerprint density at radius 3 is 2.65 bits per heavy atom. The molecule has 6 heteroatoms. The van der Waals surface area contributed by atoms with Crippen LogP contribution in [-0.4, -0.2) is 28.1 Å². The van der Waals surface area contributed by atoms with Crippen LogP contribution in [0.1, 0.15) is 56.7 Å². The van der Waals surface area contributed by atoms with Crippen molar-refractivity contribution in [3.63, 3.8) is 0 Å². The van der Waals surface area contributed by atoms with Crippen LogP contribution in [0, 0.1) is 0 Å². The van der Waals surface area contributed by atoms with Gasteiger partial charge in [-0.15, -0.1) is 0 Å². The van der Waals surface area contributed by atoms with Gasteiger partial charge in [-0.25, -0.2) is 0 Å². The highest BCUT2D eigenvalue weighted by atomic mass is 35.5. The van der Waals surface area contributed by atoms with Crippen molar-refractivity contribution in [2.24, 2.45) is 0 Å². The van der Waals surface area contributed by atoms with Crippen LogP contribution in [0.25, 0.3) is 6.08 Å². The van der Waals surface area contributed by atoms with Gasteiger partial charge < -0.3 is 4.90 Å². The normalized spacial score (nSPS) is 21.7. The summed E-state index contributed by atoms with van der Waals surface area (Å²) in [6.07, 6.45) is 2.91. The lowest BCUT2D eigenvalue weighted by Crippen LogP contribution is -2.48. The summed E-state index contributed by atoms with van der Waals surface area (Å²) < 4.78 is 0. The van der Waals surface area contributed by atoms with E-state index in [1.165, 1.54) is 16.2 Å². The molecule has 31 heavy (non-hydrogen) atoms. The smallest absolute Gasteiger partial charge is 0.293 e. The van der Waals surface area contributed by atoms with Gasteiger partial charge in [-0.1, -0.05) is 42.8 Å². The standard InChI is InChI=1S/C25H27ClN2O2S/c1-5-28-21-11-10-17(12-19(21)16(2)14-25(28,3)4)13-22-23(29)27(24(30)31-22)15-18-8-6-7-9-20(18)26/h6-13,16H,5,14-15H2,1-4H3/b22-13-/t16-/m0/s1. The number of thioether (sulfide) groups is 1. The van der Waals surface area contributed by atoms with Gasteiger partial charge in [0.05, 0.1) is 11.4 Å². The maximum atomic E-state index is 12.9. The third-order valence-electron chi connectivity index (χ3n) is 6.18. The first-order valence-electron chi connectivity index (χ1n) is 10.6. The first kappa shape index (κ1) is 22.0. The summed E-state index contributed by atoms with van der Waals surface area (Å²) in [6.45, 7) is 10.2. The molecule has 0 unspecified atom stereocenters. The van der Waals surface area contributed by atoms with Crippen LogP contribution in [0.15, 0.2) is 47.4 Å². The number of carbonyl (C=O) groups excluding carboxylic acids is 2. The van der Waals surface area contributed by atoms with Crippen molar-refractivity contribution < 1.29 is 9.59 Å². The minimum atomic E-state index is -0.267. The van der Waals surface area contributed by atoms with Gasteiger partial charge in [0.25, 0.3) is 11.1 Å². The number of carbonyl (C=O) groups is 2. The molecule has 0 saturated carbocycles. The fourth-order valence-electron chi connectivity index (χ4n) is 4.78. The van der Waals surface area contributed by atoms with Gasteiger partial charge in [0.2, 0.25) is 0 Å². The van der Waals surface area contributed by atoms with Crippen LogP contribution in [0.2, 0.25) is 5.02 Å². The van der Waals surface area contributed by atoms with Crippen LogP contribution in [0.3, 0.4) is 0 Å². The van der Waals surface area contributed by atoms with E-state index >= 15 is 0 Å². The Morgan fingerprint density at radius 1 is 1.19 bits per heavy atom. The molecule has 1 fully saturated rings. The molecule has 2 aromatic carbocycles. The molecular formula is C25H27ClN2O2S. The Labute approximate surface area is 193 Å². The number of nitrogens with zero attached hydrogens (tertiary/aromatic N) is 2. The quantitative estimate of drug-likeness (QED) is 0.482. The van der Waals surface area contributed by atoms with E-state index < -0.39 is 0 Å². The number of rotatable bonds is 4. The van der Waals surface area contributed by atoms with E-state index in [1.54, 1.807) is 6.07 Å². The van der Waals surface area contributed by atoms with E-state index in [0.29, 0.717) is 15.8 Å². The van der Waals surface area contributed by atoms with Crippen molar-refractivity contribution in [3.8, 4) is 0 Å². The number of fused-ring (bicyclic) bond motifs is 1. The molecule has 2 aliphatic heterocycles. The SMILES string of the molecule is CCN1c2ccc(/C=C3\SC(=O)N(Cc4ccccc4Cl)C3=O)cc2[C@@H](C)CC1(C)C. The number of halogens is 1. The maximum absolute atomic E-state index is 12.9. The number of imide groups is 1. The number of amides is 2. The van der Waals surface area contributed by atoms with Gasteiger partial charge in [0, 0.05) is 22.8 Å². The second kappa shape index (κ2) is 8.36. The van der Waals surface area contributed by atoms with Crippen molar-refractivity contribution >= 4 is 46.3 Å². The lowest BCUT2D eigenvalue weighted by Gasteiger charge is -2.47. The Kier molecular flexibility index (Phi) is 5.93. The molecule has 4 nitrogen and oxygen atoms in total. The first-order chi connectivity index (χ1) is 14.7. The van der Waals surface area contributed by atoms with E-state index in [-0.39, 0.29) is 23.2 Å². The van der Waals surface area contributed by atoms with Crippen LogP contribution in [0.5, 0.6) is 0 Å². The number of hydrogen-bond acceptors (Lipinski definition) is 4. The molecule has 0 aromatic heterocycles. The monoisotopic (exact) mass is 454 g/mol. The first-order valence-corrected chi connectivity index (χ1v) is 11.8. The van der Waals surface area contributed by atoms with Crippen LogP contribution >= 0.6 is 23.4 Å². The molecule has 0 bridgehead atoms. The van der Waals surface area contributed by atoms with Crippen molar-refractivity contribution in [2.75, 3.05) is 11.4 Å². The van der Waals surface area contributed by atoms with Gasteiger partial charge in [0.15, 0.2) is 0 Å². The molecule has 4 rings (SSSR count). The molecule has 0 spiro atoms. The Morgan fingerprint density at radius 2 is 1.94 bits per heavy atom. The fraction of sp³-hybridized carbons (Fsp3) is 0.360. The van der Waals surface area contributed by atoms with Gasteiger partial charge in [-0.3, -0.25) is 14.5 Å². The van der Waals surface area contributed by atoms with Crippen LogP contribution < -0.4 is 4.90 Å². The van der Waals surface area contributed by atoms with E-state index in [0.717, 1.165) is 35.9 Å². The minimum absolute atomic E-state index is 0.115. The van der Waals surface area contributed by atoms with Crippen molar-refractivity contribution in [3.05, 3.63) is 69.1 Å². The number of hydrogen-bond donors (Lipinski definition) is 0. The predicted molar refractivity (Wildman–Crippen MR) is 130 cm³/mol. The zero-order chi connectivity index (χ0) is 22.3. The summed E-state index contributed by atoms with van der Waals surface area (Å²) in [5.74, 6) is 0.161. The minimum Gasteiger partial charge on any atom is -0.366 e. The summed E-state index contributed by atoms with van der Waals surface area (Å²) in [5, 5.41) is 0.291. The van der Waals surface area contributed by atoms with Crippen molar-refractivity contribution in [1.82, 2.24) is 4.90 Å². The van der Waals surface area contributed by atoms with Gasteiger partial charge in [-0.05, 0) is 85.8 Å². The molecule has 0 radical (unpaired) electrons. The van der Waals surface area contributed by atoms with Gasteiger partial charge in [-0.2, -0.15) is 0 Å². The molecule has 0 aliphatic carbocycles. The third-order valence-corrected chi connectivity index (χ3v) is 7.46. The second-order valence-electron chi connectivity index (χ2n) is 8.84. The molecule has 1 saturated heterocycles. The zero-order valence-corrected chi connectivity index (χ0v) is 19.9. The molecule has 2 amide bonds. The highest BCUT2D eigenvalue weighted by Crippen LogP contribution is 2.44. The van der Waals surface area contributed by atoms with Crippen molar-refractivity contribution in [1.29, 1.82) is 0 Å². The fourth-order valence-corrected chi connectivity index (χ4v) is 5.82. The third kappa shape index (κ3) is 4.13. The number of benzene rings is 2. The average molecular weight is 455 g/mol. The van der Waals surface area contributed by atoms with E-state index in [4.69, 9.17) is 11.6 Å². The average Bonchev–Trinajstić information content (AvgIpc) is 2.97. The lowest BCUT2D eigenvalue weighted by atomic mass is 9.79. The molecule has 2 heterocycles. The molecule has 1 atom stereocenters. The molecular weight excluding hydrogens is 428 g/mol. The van der Waals surface area contributed by atoms with E-state index in [1.807, 2.05) is 30.3 Å². The topological polar surface area (TPSA) is 40.6 Å². The highest BCUT2D eigenvalue weighted by Gasteiger charge is 2.37. The van der Waals surface area contributed by atoms with E-state index in [9.17, 15) is 9.59 Å². The Hall–Kier alpha value is -2.24. The Balaban J connectivity index is 1.61. The van der Waals surface area contributed by atoms with Crippen LogP contribution in [-0.2, 0) is 11.3 Å². The summed E-state index contributed by atoms with van der Waals surface area (Å²) in [5.41, 5.74) is 4.38. The Bertz CT molecular complexity index is 1080. The molecule has 2 aromatic rings. The summed E-state index contributed by atoms with van der Waals surface area (Å²) in [6, 6.07) is 13.6. The molecule has 162 valence electrons. The highest BCUT2D eigenvalue weighted by molar-refractivity contribution is 8.18. The predicted octanol–water partition coefficient (Wildman–Crippen LogP) is 6.69. The second-order valence-corrected chi connectivity index (χ2v) is 10.2. The largest absolute Gasteiger partial charge is 0.366 e.